The quantitative estimate of drug-likeness (QED) is 0.429. The minimum absolute atomic E-state index is 0. The molecule has 2 rings (SSSR count). The molecule has 2 fully saturated rings. The smallest absolute Gasteiger partial charge is 0.854 e. The van der Waals surface area contributed by atoms with Gasteiger partial charge in [0.1, 0.15) is 0 Å². The summed E-state index contributed by atoms with van der Waals surface area (Å²) >= 11 is 0. The summed E-state index contributed by atoms with van der Waals surface area (Å²) in [5.41, 5.74) is 0.164. The molecule has 1 aliphatic heterocycles. The van der Waals surface area contributed by atoms with Crippen LogP contribution in [-0.2, 0) is 4.74 Å². The van der Waals surface area contributed by atoms with Crippen LogP contribution < -0.4 is 56.5 Å². The van der Waals surface area contributed by atoms with E-state index in [9.17, 15) is 5.11 Å². The molecule has 1 aliphatic carbocycles. The summed E-state index contributed by atoms with van der Waals surface area (Å²) in [6, 6.07) is 0. The van der Waals surface area contributed by atoms with Gasteiger partial charge in [0.25, 0.3) is 0 Å². The average molecular weight is 254 g/mol. The van der Waals surface area contributed by atoms with Crippen LogP contribution in [0.1, 0.15) is 26.7 Å². The molecule has 3 nitrogen and oxygen atoms in total. The predicted molar refractivity (Wildman–Crippen MR) is 61.6 cm³/mol. The van der Waals surface area contributed by atoms with Crippen molar-refractivity contribution in [1.82, 2.24) is 4.90 Å². The Morgan fingerprint density at radius 1 is 1.19 bits per heavy atom. The van der Waals surface area contributed by atoms with Crippen LogP contribution in [0.5, 0.6) is 0 Å². The molecule has 2 aliphatic rings. The van der Waals surface area contributed by atoms with Gasteiger partial charge < -0.3 is 17.3 Å². The first kappa shape index (κ1) is 19.8. The van der Waals surface area contributed by atoms with Crippen molar-refractivity contribution in [2.45, 2.75) is 26.7 Å². The predicted octanol–water partition coefficient (Wildman–Crippen LogP) is -2.06. The number of hydrogen-bond acceptors (Lipinski definition) is 3. The van der Waals surface area contributed by atoms with E-state index in [2.05, 4.69) is 4.90 Å². The second kappa shape index (κ2) is 10.4. The molecule has 16 heavy (non-hydrogen) atoms. The molecule has 4 heteroatoms. The first-order valence-electron chi connectivity index (χ1n) is 5.73. The van der Waals surface area contributed by atoms with Crippen molar-refractivity contribution < 1.29 is 61.2 Å². The maximum Gasteiger partial charge on any atom is 1.00 e. The van der Waals surface area contributed by atoms with Gasteiger partial charge in [-0.3, -0.25) is 4.90 Å². The van der Waals surface area contributed by atoms with Gasteiger partial charge in [0, 0.05) is 19.6 Å². The Morgan fingerprint density at radius 3 is 2.06 bits per heavy atom. The van der Waals surface area contributed by atoms with E-state index in [1.54, 1.807) is 0 Å². The fourth-order valence-corrected chi connectivity index (χ4v) is 1.76. The largest absolute Gasteiger partial charge is 1.00 e. The number of morpholine rings is 1. The summed E-state index contributed by atoms with van der Waals surface area (Å²) in [5.74, 6) is 0. The van der Waals surface area contributed by atoms with Crippen molar-refractivity contribution >= 4 is 0 Å². The summed E-state index contributed by atoms with van der Waals surface area (Å²) in [6.07, 6.45) is 2.29. The minimum atomic E-state index is 0. The monoisotopic (exact) mass is 254 g/mol. The Morgan fingerprint density at radius 2 is 1.69 bits per heavy atom. The van der Waals surface area contributed by atoms with Gasteiger partial charge in [-0.15, -0.1) is 6.61 Å². The summed E-state index contributed by atoms with van der Waals surface area (Å²) in [5, 5.41) is 10.8. The fraction of sp³-hybridized carbons (Fsp3) is 0.917. The van der Waals surface area contributed by atoms with Gasteiger partial charge >= 0.3 is 51.4 Å². The number of rotatable bonds is 3. The molecule has 0 aromatic heterocycles. The van der Waals surface area contributed by atoms with Gasteiger partial charge in [-0.25, -0.2) is 0 Å². The van der Waals surface area contributed by atoms with E-state index in [-0.39, 0.29) is 70.8 Å². The molecule has 0 N–H and O–H groups in total. The van der Waals surface area contributed by atoms with Crippen LogP contribution in [0.2, 0.25) is 0 Å². The maximum absolute atomic E-state index is 10.8. The second-order valence-corrected chi connectivity index (χ2v) is 4.03. The van der Waals surface area contributed by atoms with Crippen molar-refractivity contribution in [2.75, 3.05) is 39.5 Å². The molecule has 0 amide bonds. The fourth-order valence-electron chi connectivity index (χ4n) is 1.76. The van der Waals surface area contributed by atoms with Gasteiger partial charge in [0.05, 0.1) is 13.2 Å². The summed E-state index contributed by atoms with van der Waals surface area (Å²) in [7, 11) is 0. The molecule has 0 spiro atoms. The molecular weight excluding hydrogens is 229 g/mol. The first-order chi connectivity index (χ1) is 6.85. The van der Waals surface area contributed by atoms with E-state index in [0.29, 0.717) is 0 Å². The van der Waals surface area contributed by atoms with Gasteiger partial charge in [0.2, 0.25) is 0 Å². The van der Waals surface area contributed by atoms with Crippen molar-refractivity contribution in [3.8, 4) is 0 Å². The van der Waals surface area contributed by atoms with Crippen molar-refractivity contribution in [1.29, 1.82) is 0 Å². The standard InChI is InChI=1S/C9H16NO2.C2H6.CH3.K/c11-8-9(1-2-9)7-10-3-5-12-6-4-10;1-2;;/h1-8H2;1-2H3;1H3;/q-1;;-1;+1. The molecule has 1 saturated heterocycles. The van der Waals surface area contributed by atoms with E-state index in [0.717, 1.165) is 45.7 Å². The zero-order chi connectivity index (χ0) is 10.4. The van der Waals surface area contributed by atoms with Gasteiger partial charge in [-0.2, -0.15) is 0 Å². The molecule has 0 atom stereocenters. The van der Waals surface area contributed by atoms with Crippen LogP contribution in [0.3, 0.4) is 0 Å². The van der Waals surface area contributed by atoms with Crippen LogP contribution in [0.4, 0.5) is 0 Å². The number of ether oxygens (including phenoxy) is 1. The van der Waals surface area contributed by atoms with Crippen molar-refractivity contribution in [3.05, 3.63) is 7.43 Å². The van der Waals surface area contributed by atoms with Crippen LogP contribution in [0.15, 0.2) is 0 Å². The number of hydrogen-bond donors (Lipinski definition) is 0. The molecule has 0 radical (unpaired) electrons. The summed E-state index contributed by atoms with van der Waals surface area (Å²) < 4.78 is 5.25. The Hall–Kier alpha value is 1.52. The van der Waals surface area contributed by atoms with Crippen LogP contribution >= 0.6 is 0 Å². The van der Waals surface area contributed by atoms with E-state index < -0.39 is 0 Å². The Labute approximate surface area is 143 Å². The molecule has 0 aromatic carbocycles. The minimum Gasteiger partial charge on any atom is -0.854 e. The molecule has 1 saturated carbocycles. The van der Waals surface area contributed by atoms with Gasteiger partial charge in [-0.1, -0.05) is 13.8 Å². The number of nitrogens with zero attached hydrogens (tertiary/aromatic N) is 1. The molecule has 1 heterocycles. The van der Waals surface area contributed by atoms with E-state index in [4.69, 9.17) is 4.74 Å². The first-order valence-corrected chi connectivity index (χ1v) is 5.73. The Balaban J connectivity index is 0. The normalized spacial score (nSPS) is 21.9. The van der Waals surface area contributed by atoms with Crippen LogP contribution in [0, 0.1) is 12.8 Å². The SMILES string of the molecule is CC.[CH3-].[K+].[O-]CC1(CN2CCOCC2)CC1. The molecule has 0 unspecified atom stereocenters. The van der Waals surface area contributed by atoms with Crippen LogP contribution in [-0.4, -0.2) is 44.4 Å². The summed E-state index contributed by atoms with van der Waals surface area (Å²) in [4.78, 5) is 2.37. The van der Waals surface area contributed by atoms with E-state index in [1.807, 2.05) is 13.8 Å². The van der Waals surface area contributed by atoms with Gasteiger partial charge in [0.15, 0.2) is 0 Å². The third-order valence-corrected chi connectivity index (χ3v) is 2.93. The molecular formula is C12H25KNO2-. The summed E-state index contributed by atoms with van der Waals surface area (Å²) in [6.45, 7) is 8.84. The topological polar surface area (TPSA) is 35.5 Å². The van der Waals surface area contributed by atoms with Crippen molar-refractivity contribution in [3.63, 3.8) is 0 Å². The Kier molecular flexibility index (Phi) is 12.9. The molecule has 0 bridgehead atoms. The Bertz CT molecular complexity index is 157. The molecule has 0 aromatic rings. The zero-order valence-corrected chi connectivity index (χ0v) is 14.5. The van der Waals surface area contributed by atoms with Crippen LogP contribution in [0.25, 0.3) is 0 Å². The third-order valence-electron chi connectivity index (χ3n) is 2.93. The van der Waals surface area contributed by atoms with E-state index >= 15 is 0 Å². The maximum atomic E-state index is 10.8. The van der Waals surface area contributed by atoms with Gasteiger partial charge in [-0.05, 0) is 18.3 Å². The zero-order valence-electron chi connectivity index (χ0n) is 11.4. The molecule has 92 valence electrons. The second-order valence-electron chi connectivity index (χ2n) is 4.03. The average Bonchev–Trinajstić information content (AvgIpc) is 3.03. The third kappa shape index (κ3) is 6.45. The van der Waals surface area contributed by atoms with Crippen molar-refractivity contribution in [2.24, 2.45) is 5.41 Å². The van der Waals surface area contributed by atoms with E-state index in [1.165, 1.54) is 0 Å².